The van der Waals surface area contributed by atoms with Crippen LogP contribution in [0.3, 0.4) is 0 Å². The van der Waals surface area contributed by atoms with Crippen molar-refractivity contribution in [1.82, 2.24) is 49.5 Å². The van der Waals surface area contributed by atoms with Crippen molar-refractivity contribution in [2.45, 2.75) is 91.5 Å². The lowest BCUT2D eigenvalue weighted by molar-refractivity contribution is 0.00578. The van der Waals surface area contributed by atoms with Crippen molar-refractivity contribution >= 4 is 75.2 Å². The summed E-state index contributed by atoms with van der Waals surface area (Å²) in [5.74, 6) is 2.41. The lowest BCUT2D eigenvalue weighted by Crippen LogP contribution is -2.48. The summed E-state index contributed by atoms with van der Waals surface area (Å²) in [4.78, 5) is 62.5. The summed E-state index contributed by atoms with van der Waals surface area (Å²) < 4.78 is 16.1. The Labute approximate surface area is 474 Å². The Kier molecular flexibility index (Phi) is 14.5. The summed E-state index contributed by atoms with van der Waals surface area (Å²) >= 11 is 3.43. The Bertz CT molecular complexity index is 3650. The molecule has 80 heavy (non-hydrogen) atoms. The fraction of sp³-hybridized carbons (Fsp3) is 0.345. The predicted molar refractivity (Wildman–Crippen MR) is 315 cm³/mol. The van der Waals surface area contributed by atoms with Gasteiger partial charge in [-0.05, 0) is 146 Å². The third kappa shape index (κ3) is 10.9. The molecule has 22 heteroatoms. The number of halogens is 1. The molecule has 0 aromatic carbocycles. The van der Waals surface area contributed by atoms with Crippen LogP contribution in [0.5, 0.6) is 0 Å². The second-order valence-corrected chi connectivity index (χ2v) is 22.9. The number of fused-ring (bicyclic) bond motifs is 8. The van der Waals surface area contributed by atoms with Crippen LogP contribution in [-0.4, -0.2) is 118 Å². The maximum Gasteiger partial charge on any atom is 0.498 e. The number of rotatable bonds is 6. The van der Waals surface area contributed by atoms with E-state index in [0.29, 0.717) is 23.3 Å². The van der Waals surface area contributed by atoms with Crippen LogP contribution in [0, 0.1) is 27.7 Å². The molecule has 0 saturated carbocycles. The Morgan fingerprint density at radius 2 is 1.07 bits per heavy atom. The van der Waals surface area contributed by atoms with Crippen LogP contribution in [-0.2, 0) is 23.4 Å². The second-order valence-electron chi connectivity index (χ2n) is 22.0. The lowest BCUT2D eigenvalue weighted by atomic mass is 9.82. The SMILES string of the molecule is Cc1cc(-c2cc(C)c3c(n2)N(C(=O)Nc2cc(-c4cnn(C)c4)ccn2)[C@H]2CCN3C2)ccn1.Cc1cc(-c2cc(C)c3c(n2)N(C(=O)Nc2cc(Br)ccn2)[C@H]2CCN3C2)ccn1.Cn1cc(B2OC(C)(C)C(C)(C)O2)cn1. The summed E-state index contributed by atoms with van der Waals surface area (Å²) in [5, 5.41) is 14.3. The number of hydrogen-bond donors (Lipinski definition) is 2. The minimum Gasteiger partial charge on any atom is -0.399 e. The fourth-order valence-corrected chi connectivity index (χ4v) is 11.2. The number of aryl methyl sites for hydroxylation is 6. The van der Waals surface area contributed by atoms with E-state index in [4.69, 9.17) is 19.3 Å². The van der Waals surface area contributed by atoms with E-state index in [2.05, 4.69) is 92.5 Å². The van der Waals surface area contributed by atoms with Gasteiger partial charge in [0.15, 0.2) is 11.6 Å². The summed E-state index contributed by atoms with van der Waals surface area (Å²) in [6, 6.07) is 19.3. The molecule has 0 spiro atoms. The molecule has 4 bridgehead atoms. The molecule has 0 unspecified atom stereocenters. The molecule has 3 fully saturated rings. The number of urea groups is 2. The van der Waals surface area contributed by atoms with Crippen molar-refractivity contribution in [3.05, 3.63) is 137 Å². The molecule has 0 radical (unpaired) electrons. The van der Waals surface area contributed by atoms with Gasteiger partial charge in [-0.25, -0.2) is 29.5 Å². The van der Waals surface area contributed by atoms with Gasteiger partial charge < -0.3 is 19.1 Å². The quantitative estimate of drug-likeness (QED) is 0.149. The molecule has 3 saturated heterocycles. The molecule has 13 heterocycles. The number of nitrogens with zero attached hydrogens (tertiary/aromatic N) is 14. The fourth-order valence-electron chi connectivity index (χ4n) is 10.9. The van der Waals surface area contributed by atoms with E-state index >= 15 is 0 Å². The molecule has 8 aromatic rings. The van der Waals surface area contributed by atoms with Crippen molar-refractivity contribution in [2.24, 2.45) is 14.1 Å². The zero-order valence-corrected chi connectivity index (χ0v) is 48.2. The molecule has 8 aromatic heterocycles. The molecule has 2 atom stereocenters. The van der Waals surface area contributed by atoms with Crippen LogP contribution in [0.15, 0.2) is 115 Å². The minimum atomic E-state index is -0.302. The van der Waals surface area contributed by atoms with E-state index in [1.807, 2.05) is 120 Å². The number of amides is 4. The highest BCUT2D eigenvalue weighted by Gasteiger charge is 2.52. The Balaban J connectivity index is 0.000000136. The number of anilines is 6. The van der Waals surface area contributed by atoms with Gasteiger partial charge in [0, 0.05) is 122 Å². The first-order valence-corrected chi connectivity index (χ1v) is 27.6. The van der Waals surface area contributed by atoms with Crippen molar-refractivity contribution in [3.8, 4) is 33.6 Å². The largest absolute Gasteiger partial charge is 0.498 e. The normalized spacial score (nSPS) is 18.0. The van der Waals surface area contributed by atoms with Crippen LogP contribution in [0.4, 0.5) is 44.2 Å². The van der Waals surface area contributed by atoms with Crippen molar-refractivity contribution in [3.63, 3.8) is 0 Å². The molecule has 4 amide bonds. The van der Waals surface area contributed by atoms with E-state index in [1.165, 1.54) is 0 Å². The van der Waals surface area contributed by atoms with E-state index < -0.39 is 0 Å². The molecule has 2 N–H and O–H groups in total. The smallest absolute Gasteiger partial charge is 0.399 e. The van der Waals surface area contributed by atoms with E-state index in [-0.39, 0.29) is 42.5 Å². The Morgan fingerprint density at radius 3 is 1.55 bits per heavy atom. The summed E-state index contributed by atoms with van der Waals surface area (Å²) in [6.07, 6.45) is 16.2. The van der Waals surface area contributed by atoms with Crippen molar-refractivity contribution in [2.75, 3.05) is 56.4 Å². The first-order valence-electron chi connectivity index (χ1n) is 26.8. The second kappa shape index (κ2) is 21.5. The van der Waals surface area contributed by atoms with Gasteiger partial charge in [0.2, 0.25) is 0 Å². The monoisotopic (exact) mass is 1140 g/mol. The average Bonchev–Trinajstić information content (AvgIpc) is 4.29. The molecule has 5 aliphatic heterocycles. The third-order valence-corrected chi connectivity index (χ3v) is 16.0. The molecule has 20 nitrogen and oxygen atoms in total. The van der Waals surface area contributed by atoms with E-state index in [1.54, 1.807) is 52.6 Å². The van der Waals surface area contributed by atoms with Gasteiger partial charge in [0.1, 0.15) is 11.6 Å². The van der Waals surface area contributed by atoms with Crippen LogP contribution >= 0.6 is 15.9 Å². The number of aromatic nitrogens is 10. The molecular formula is C58H64BBrN16O4. The van der Waals surface area contributed by atoms with Crippen LogP contribution in [0.1, 0.15) is 63.1 Å². The van der Waals surface area contributed by atoms with Gasteiger partial charge in [0.05, 0.1) is 52.2 Å². The summed E-state index contributed by atoms with van der Waals surface area (Å²) in [5.41, 5.74) is 12.1. The topological polar surface area (TPSA) is 203 Å². The van der Waals surface area contributed by atoms with Gasteiger partial charge in [0.25, 0.3) is 0 Å². The summed E-state index contributed by atoms with van der Waals surface area (Å²) in [7, 11) is 3.46. The molecule has 5 aliphatic rings. The predicted octanol–water partition coefficient (Wildman–Crippen LogP) is 9.45. The van der Waals surface area contributed by atoms with Gasteiger partial charge in [-0.1, -0.05) is 15.9 Å². The van der Waals surface area contributed by atoms with Crippen molar-refractivity contribution < 1.29 is 18.9 Å². The lowest BCUT2D eigenvalue weighted by Gasteiger charge is -2.36. The zero-order valence-electron chi connectivity index (χ0n) is 46.6. The van der Waals surface area contributed by atoms with Crippen molar-refractivity contribution in [1.29, 1.82) is 0 Å². The van der Waals surface area contributed by atoms with Gasteiger partial charge >= 0.3 is 19.2 Å². The number of pyridine rings is 6. The van der Waals surface area contributed by atoms with E-state index in [0.717, 1.165) is 116 Å². The molecule has 410 valence electrons. The highest BCUT2D eigenvalue weighted by Crippen LogP contribution is 2.45. The van der Waals surface area contributed by atoms with Crippen LogP contribution in [0.25, 0.3) is 33.6 Å². The van der Waals surface area contributed by atoms with Gasteiger partial charge in [-0.15, -0.1) is 0 Å². The number of nitrogens with one attached hydrogen (secondary N) is 2. The third-order valence-electron chi connectivity index (χ3n) is 15.5. The number of carbonyl (C=O) groups is 2. The highest BCUT2D eigenvalue weighted by atomic mass is 79.9. The molecular weight excluding hydrogens is 1080 g/mol. The van der Waals surface area contributed by atoms with E-state index in [9.17, 15) is 9.59 Å². The minimum absolute atomic E-state index is 0.0605. The molecule has 0 aliphatic carbocycles. The zero-order chi connectivity index (χ0) is 56.2. The first-order chi connectivity index (χ1) is 38.3. The Morgan fingerprint density at radius 1 is 0.600 bits per heavy atom. The van der Waals surface area contributed by atoms with Crippen LogP contribution in [0.2, 0.25) is 0 Å². The number of carbonyl (C=O) groups excluding carboxylic acids is 2. The Hall–Kier alpha value is -8.08. The standard InChI is InChI=1S/C26H26N8O.C22H21BrN6O.C10H17BN2O2/c1-16-10-22(19-5-7-27-17(2)11-19)30-25-24(16)33-9-6-21(15-33)34(25)26(35)31-23-12-18(4-8-28-23)20-13-29-32(3)14-20;1-13-9-18(15-3-6-24-14(2)10-15)26-21-20(13)28-8-5-17(12-28)29(21)22(30)27-19-11-16(23)4-7-25-19;1-9(2)10(3,4)15-11(14-9)8-6-12-13(5)7-8/h4-5,7-8,10-14,21H,6,9,15H2,1-3H3,(H,28,31,35);3-4,6-7,9-11,17H,5,8,12H2,1-2H3,(H,25,27,30);6-7H,1-5H3/t21-;17-;/m00./s1. The number of hydrogen-bond acceptors (Lipinski definition) is 14. The van der Waals surface area contributed by atoms with Gasteiger partial charge in [-0.2, -0.15) is 10.2 Å². The first kappa shape index (κ1) is 53.9. The maximum atomic E-state index is 13.7. The van der Waals surface area contributed by atoms with Crippen LogP contribution < -0.4 is 35.7 Å². The highest BCUT2D eigenvalue weighted by molar-refractivity contribution is 9.10. The van der Waals surface area contributed by atoms with Gasteiger partial charge in [-0.3, -0.25) is 39.8 Å². The maximum absolute atomic E-state index is 13.7. The summed E-state index contributed by atoms with van der Waals surface area (Å²) in [6.45, 7) is 19.7. The molecule has 13 rings (SSSR count). The average molecular weight is 1140 g/mol.